The minimum atomic E-state index is -0.513. The molecule has 0 unspecified atom stereocenters. The maximum absolute atomic E-state index is 11.9. The van der Waals surface area contributed by atoms with E-state index in [-0.39, 0.29) is 11.5 Å². The van der Waals surface area contributed by atoms with Gasteiger partial charge in [0.05, 0.1) is 5.03 Å². The maximum atomic E-state index is 11.9. The van der Waals surface area contributed by atoms with Gasteiger partial charge in [-0.3, -0.25) is 9.79 Å². The number of H-pyrrole nitrogens is 1. The van der Waals surface area contributed by atoms with Crippen molar-refractivity contribution in [3.05, 3.63) is 98.0 Å². The first kappa shape index (κ1) is 18.7. The van der Waals surface area contributed by atoms with Crippen LogP contribution in [0, 0.1) is 5.92 Å². The zero-order chi connectivity index (χ0) is 19.7. The molecule has 0 amide bonds. The van der Waals surface area contributed by atoms with Crippen molar-refractivity contribution in [1.82, 2.24) is 4.98 Å². The van der Waals surface area contributed by atoms with Crippen LogP contribution in [-0.2, 0) is 12.0 Å². The largest absolute Gasteiger partial charge is 0.326 e. The fourth-order valence-corrected chi connectivity index (χ4v) is 4.74. The minimum absolute atomic E-state index is 0.0670. The van der Waals surface area contributed by atoms with Gasteiger partial charge in [0.1, 0.15) is 5.54 Å². The molecule has 0 fully saturated rings. The molecule has 2 aliphatic rings. The molecule has 142 valence electrons. The van der Waals surface area contributed by atoms with E-state index in [1.807, 2.05) is 42.5 Å². The Morgan fingerprint density at radius 3 is 2.79 bits per heavy atom. The number of hydrogen-bond acceptors (Lipinski definition) is 2. The van der Waals surface area contributed by atoms with Crippen molar-refractivity contribution < 1.29 is 0 Å². The lowest BCUT2D eigenvalue weighted by Gasteiger charge is -2.45. The van der Waals surface area contributed by atoms with E-state index in [1.54, 1.807) is 12.3 Å². The van der Waals surface area contributed by atoms with E-state index < -0.39 is 5.54 Å². The summed E-state index contributed by atoms with van der Waals surface area (Å²) in [6.45, 7) is 4.22. The van der Waals surface area contributed by atoms with Crippen molar-refractivity contribution in [3.63, 3.8) is 0 Å². The van der Waals surface area contributed by atoms with Gasteiger partial charge in [0.25, 0.3) is 0 Å². The highest BCUT2D eigenvalue weighted by Gasteiger charge is 2.46. The number of halogens is 1. The van der Waals surface area contributed by atoms with Crippen molar-refractivity contribution in [2.45, 2.75) is 32.2 Å². The number of allylic oxidation sites excluding steroid dienone is 3. The number of benzene rings is 1. The fourth-order valence-electron chi connectivity index (χ4n) is 4.57. The van der Waals surface area contributed by atoms with Crippen LogP contribution in [0.15, 0.2) is 80.6 Å². The Morgan fingerprint density at radius 2 is 2.04 bits per heavy atom. The third-order valence-corrected chi connectivity index (χ3v) is 5.80. The van der Waals surface area contributed by atoms with Gasteiger partial charge in [0, 0.05) is 35.9 Å². The lowest BCUT2D eigenvalue weighted by atomic mass is 9.63. The second kappa shape index (κ2) is 7.40. The number of fused-ring (bicyclic) bond motifs is 4. The molecule has 2 aromatic rings. The maximum Gasteiger partial charge on any atom is 0.248 e. The predicted octanol–water partition coefficient (Wildman–Crippen LogP) is 5.39. The Morgan fingerprint density at radius 1 is 1.25 bits per heavy atom. The van der Waals surface area contributed by atoms with Crippen LogP contribution in [0.3, 0.4) is 0 Å². The van der Waals surface area contributed by atoms with Crippen LogP contribution in [0.2, 0.25) is 0 Å². The summed E-state index contributed by atoms with van der Waals surface area (Å²) in [5.41, 5.74) is 5.10. The molecule has 4 rings (SSSR count). The molecular weight excluding hydrogens is 368 g/mol. The minimum Gasteiger partial charge on any atom is -0.326 e. The molecule has 1 heterocycles. The molecule has 2 bridgehead atoms. The summed E-state index contributed by atoms with van der Waals surface area (Å²) in [5.74, 6) is 0.248. The fraction of sp³-hybridized carbons (Fsp3) is 0.250. The molecule has 0 radical (unpaired) electrons. The summed E-state index contributed by atoms with van der Waals surface area (Å²) >= 11 is 6.51. The average molecular weight is 391 g/mol. The van der Waals surface area contributed by atoms with E-state index in [4.69, 9.17) is 16.6 Å². The standard InChI is InChI=1S/C24H23ClN2O/c1-3-20-18-11-16(2)14-24(20,21-9-10-23(28)27-22(21)13-18)26-15-19(25)12-17-7-5-4-6-8-17/h3-12,15,18H,13-14H2,1-2H3,(H,27,28)/b19-12?,20-3+,26-15?/t18-,24+/m0/s1. The molecule has 4 heteroatoms. The zero-order valence-corrected chi connectivity index (χ0v) is 16.8. The van der Waals surface area contributed by atoms with Crippen LogP contribution in [0.1, 0.15) is 37.1 Å². The van der Waals surface area contributed by atoms with Gasteiger partial charge in [-0.1, -0.05) is 59.7 Å². The number of nitrogens with one attached hydrogen (secondary N) is 1. The summed E-state index contributed by atoms with van der Waals surface area (Å²) in [4.78, 5) is 20.0. The highest BCUT2D eigenvalue weighted by Crippen LogP contribution is 2.51. The van der Waals surface area contributed by atoms with Gasteiger partial charge in [-0.15, -0.1) is 0 Å². The number of rotatable bonds is 3. The van der Waals surface area contributed by atoms with Crippen molar-refractivity contribution in [1.29, 1.82) is 0 Å². The molecule has 2 atom stereocenters. The number of hydrogen-bond donors (Lipinski definition) is 1. The monoisotopic (exact) mass is 390 g/mol. The SMILES string of the molecule is C/C=C1\[C@H]2C=C(C)C[C@]1(N=CC(Cl)=Cc1ccccc1)c1ccc(=O)[nH]c1C2. The van der Waals surface area contributed by atoms with Crippen LogP contribution in [0.25, 0.3) is 6.08 Å². The van der Waals surface area contributed by atoms with Crippen molar-refractivity contribution >= 4 is 23.9 Å². The van der Waals surface area contributed by atoms with Gasteiger partial charge < -0.3 is 4.98 Å². The second-order valence-electron chi connectivity index (χ2n) is 7.52. The predicted molar refractivity (Wildman–Crippen MR) is 117 cm³/mol. The number of nitrogens with zero attached hydrogens (tertiary/aromatic N) is 1. The molecule has 2 aliphatic carbocycles. The first-order chi connectivity index (χ1) is 13.5. The van der Waals surface area contributed by atoms with Crippen LogP contribution in [0.5, 0.6) is 0 Å². The van der Waals surface area contributed by atoms with E-state index >= 15 is 0 Å². The summed E-state index contributed by atoms with van der Waals surface area (Å²) in [5, 5.41) is 0.580. The van der Waals surface area contributed by atoms with Gasteiger partial charge in [0.15, 0.2) is 0 Å². The van der Waals surface area contributed by atoms with E-state index in [9.17, 15) is 4.79 Å². The first-order valence-corrected chi connectivity index (χ1v) is 9.94. The van der Waals surface area contributed by atoms with Crippen molar-refractivity contribution in [2.24, 2.45) is 10.9 Å². The zero-order valence-electron chi connectivity index (χ0n) is 16.1. The highest BCUT2D eigenvalue weighted by molar-refractivity contribution is 6.41. The topological polar surface area (TPSA) is 45.2 Å². The van der Waals surface area contributed by atoms with Crippen molar-refractivity contribution in [3.8, 4) is 0 Å². The van der Waals surface area contributed by atoms with Gasteiger partial charge in [0.2, 0.25) is 5.56 Å². The number of aromatic amines is 1. The third-order valence-electron chi connectivity index (χ3n) is 5.59. The molecule has 1 N–H and O–H groups in total. The molecule has 0 spiro atoms. The Hall–Kier alpha value is -2.65. The van der Waals surface area contributed by atoms with E-state index in [1.165, 1.54) is 11.1 Å². The molecule has 0 saturated heterocycles. The number of aliphatic imine (C=N–C) groups is 1. The number of pyridine rings is 1. The van der Waals surface area contributed by atoms with E-state index in [2.05, 4.69) is 31.0 Å². The summed E-state index contributed by atoms with van der Waals surface area (Å²) in [6, 6.07) is 13.5. The van der Waals surface area contributed by atoms with E-state index in [0.29, 0.717) is 5.03 Å². The quantitative estimate of drug-likeness (QED) is 0.554. The smallest absolute Gasteiger partial charge is 0.248 e. The Balaban J connectivity index is 1.83. The average Bonchev–Trinajstić information content (AvgIpc) is 2.66. The molecule has 1 aromatic carbocycles. The highest BCUT2D eigenvalue weighted by atomic mass is 35.5. The summed E-state index contributed by atoms with van der Waals surface area (Å²) < 4.78 is 0. The Bertz CT molecular complexity index is 1080. The lowest BCUT2D eigenvalue weighted by molar-refractivity contribution is 0.413. The molecule has 28 heavy (non-hydrogen) atoms. The summed E-state index contributed by atoms with van der Waals surface area (Å²) in [6.07, 6.45) is 9.73. The Kier molecular flexibility index (Phi) is 4.94. The van der Waals surface area contributed by atoms with Crippen LogP contribution >= 0.6 is 11.6 Å². The second-order valence-corrected chi connectivity index (χ2v) is 7.95. The molecule has 0 saturated carbocycles. The van der Waals surface area contributed by atoms with Crippen LogP contribution < -0.4 is 5.56 Å². The van der Waals surface area contributed by atoms with Gasteiger partial charge in [-0.05, 0) is 43.5 Å². The molecule has 1 aromatic heterocycles. The lowest BCUT2D eigenvalue weighted by Crippen LogP contribution is -2.40. The van der Waals surface area contributed by atoms with Crippen LogP contribution in [-0.4, -0.2) is 11.2 Å². The molecular formula is C24H23ClN2O. The third kappa shape index (κ3) is 3.31. The van der Waals surface area contributed by atoms with Gasteiger partial charge in [-0.25, -0.2) is 0 Å². The van der Waals surface area contributed by atoms with Crippen molar-refractivity contribution in [2.75, 3.05) is 0 Å². The summed E-state index contributed by atoms with van der Waals surface area (Å²) in [7, 11) is 0. The van der Waals surface area contributed by atoms with Gasteiger partial charge in [-0.2, -0.15) is 0 Å². The molecule has 0 aliphatic heterocycles. The van der Waals surface area contributed by atoms with Gasteiger partial charge >= 0.3 is 0 Å². The number of aromatic nitrogens is 1. The molecule has 3 nitrogen and oxygen atoms in total. The normalized spacial score (nSPS) is 25.7. The first-order valence-electron chi connectivity index (χ1n) is 9.56. The van der Waals surface area contributed by atoms with Crippen LogP contribution in [0.4, 0.5) is 0 Å². The van der Waals surface area contributed by atoms with E-state index in [0.717, 1.165) is 29.7 Å². The Labute approximate surface area is 170 Å².